The normalized spacial score (nSPS) is 13.7. The van der Waals surface area contributed by atoms with E-state index in [1.807, 2.05) is 12.1 Å². The Hall–Kier alpha value is -9.58. The molecule has 13 aromatic rings. The van der Waals surface area contributed by atoms with Crippen molar-refractivity contribution in [3.05, 3.63) is 252 Å². The monoisotopic (exact) mass is 1130 g/mol. The summed E-state index contributed by atoms with van der Waals surface area (Å²) in [5.74, 6) is 0.928. The van der Waals surface area contributed by atoms with Crippen molar-refractivity contribution in [3.8, 4) is 101 Å². The lowest BCUT2D eigenvalue weighted by Crippen LogP contribution is -2.43. The zero-order valence-corrected chi connectivity index (χ0v) is 52.0. The molecule has 0 aliphatic heterocycles. The fraction of sp³-hybridized carbons (Fsp3) is 0.195. The van der Waals surface area contributed by atoms with Crippen LogP contribution in [0.5, 0.6) is 5.75 Å². The first-order valence-electron chi connectivity index (χ1n) is 30.6. The highest BCUT2D eigenvalue weighted by Crippen LogP contribution is 2.56. The van der Waals surface area contributed by atoms with E-state index in [1.165, 1.54) is 33.4 Å². The van der Waals surface area contributed by atoms with Crippen LogP contribution in [0.15, 0.2) is 223 Å². The van der Waals surface area contributed by atoms with Crippen molar-refractivity contribution in [2.75, 3.05) is 0 Å². The van der Waals surface area contributed by atoms with Gasteiger partial charge in [-0.25, -0.2) is 9.97 Å². The lowest BCUT2D eigenvalue weighted by molar-refractivity contribution is 0.296. The minimum atomic E-state index is -0.327. The van der Waals surface area contributed by atoms with E-state index in [9.17, 15) is 5.11 Å². The Labute approximate surface area is 511 Å². The smallest absolute Gasteiger partial charge is 0.164 e. The van der Waals surface area contributed by atoms with Crippen molar-refractivity contribution in [3.63, 3.8) is 0 Å². The van der Waals surface area contributed by atoms with Crippen LogP contribution in [0.25, 0.3) is 128 Å². The first-order valence-corrected chi connectivity index (χ1v) is 30.6. The summed E-state index contributed by atoms with van der Waals surface area (Å²) < 4.78 is 9.17. The number of rotatable bonds is 8. The fourth-order valence-electron chi connectivity index (χ4n) is 13.7. The molecule has 0 unspecified atom stereocenters. The molecule has 5 heteroatoms. The molecule has 428 valence electrons. The highest BCUT2D eigenvalue weighted by molar-refractivity contribution is 6.11. The number of para-hydroxylation sites is 2. The Morgan fingerprint density at radius 1 is 0.414 bits per heavy atom. The summed E-state index contributed by atoms with van der Waals surface area (Å²) in [6.45, 7) is 27.4. The first-order chi connectivity index (χ1) is 41.7. The van der Waals surface area contributed by atoms with Crippen LogP contribution in [0.1, 0.15) is 103 Å². The van der Waals surface area contributed by atoms with Gasteiger partial charge in [-0.3, -0.25) is 4.57 Å². The average molecular weight is 1130 g/mol. The van der Waals surface area contributed by atoms with Crippen LogP contribution in [-0.2, 0) is 21.7 Å². The molecule has 0 saturated heterocycles. The molecule has 0 amide bonds. The summed E-state index contributed by atoms with van der Waals surface area (Å²) in [6, 6.07) is 79.4. The summed E-state index contributed by atoms with van der Waals surface area (Å²) in [5.41, 5.74) is 25.9. The van der Waals surface area contributed by atoms with E-state index in [4.69, 9.17) is 14.4 Å². The molecule has 0 saturated carbocycles. The number of fused-ring (bicyclic) bond motifs is 7. The Morgan fingerprint density at radius 2 is 0.966 bits per heavy atom. The summed E-state index contributed by atoms with van der Waals surface area (Å²) >= 11 is 0. The molecule has 0 radical (unpaired) electrons. The zero-order valence-electron chi connectivity index (χ0n) is 52.0. The van der Waals surface area contributed by atoms with Crippen LogP contribution in [0.3, 0.4) is 0 Å². The minimum absolute atomic E-state index is 0.163. The average Bonchev–Trinajstić information content (AvgIpc) is 1.57. The molecule has 10 aromatic carbocycles. The van der Waals surface area contributed by atoms with Gasteiger partial charge in [-0.15, -0.1) is 0 Å². The van der Waals surface area contributed by atoms with E-state index < -0.39 is 0 Å². The Bertz CT molecular complexity index is 4760. The number of nitrogens with zero attached hydrogens (tertiary/aromatic N) is 3. The van der Waals surface area contributed by atoms with Crippen LogP contribution in [0.4, 0.5) is 0 Å². The van der Waals surface area contributed by atoms with E-state index >= 15 is 0 Å². The number of imidazole rings is 1. The van der Waals surface area contributed by atoms with Crippen molar-refractivity contribution in [1.82, 2.24) is 14.5 Å². The predicted molar refractivity (Wildman–Crippen MR) is 364 cm³/mol. The third-order valence-corrected chi connectivity index (χ3v) is 19.2. The molecule has 14 rings (SSSR count). The topological polar surface area (TPSA) is 64.1 Å². The van der Waals surface area contributed by atoms with Gasteiger partial charge in [0.05, 0.1) is 22.4 Å². The Balaban J connectivity index is 1.14. The Morgan fingerprint density at radius 3 is 1.59 bits per heavy atom. The molecule has 0 fully saturated rings. The van der Waals surface area contributed by atoms with Gasteiger partial charge in [0.1, 0.15) is 22.6 Å². The molecule has 1 N–H and O–H groups in total. The van der Waals surface area contributed by atoms with Crippen LogP contribution < -0.4 is 0 Å². The third kappa shape index (κ3) is 9.12. The lowest BCUT2D eigenvalue weighted by atomic mass is 9.56. The highest BCUT2D eigenvalue weighted by atomic mass is 16.3. The highest BCUT2D eigenvalue weighted by Gasteiger charge is 2.47. The Kier molecular flexibility index (Phi) is 12.9. The molecule has 3 heterocycles. The molecule has 0 spiro atoms. The second-order valence-corrected chi connectivity index (χ2v) is 27.3. The number of pyridine rings is 1. The van der Waals surface area contributed by atoms with Crippen molar-refractivity contribution in [2.24, 2.45) is 0 Å². The van der Waals surface area contributed by atoms with Gasteiger partial charge in [0, 0.05) is 27.3 Å². The molecule has 5 nitrogen and oxygen atoms in total. The van der Waals surface area contributed by atoms with E-state index in [1.54, 1.807) is 6.07 Å². The number of phenolic OH excluding ortho intramolecular Hbond substituents is 1. The van der Waals surface area contributed by atoms with Crippen LogP contribution in [0, 0.1) is 13.8 Å². The van der Waals surface area contributed by atoms with Gasteiger partial charge in [0.2, 0.25) is 0 Å². The number of aromatic nitrogens is 3. The van der Waals surface area contributed by atoms with Crippen molar-refractivity contribution < 1.29 is 9.52 Å². The number of furan rings is 1. The maximum atomic E-state index is 11.9. The molecule has 87 heavy (non-hydrogen) atoms. The van der Waals surface area contributed by atoms with Crippen LogP contribution >= 0.6 is 0 Å². The van der Waals surface area contributed by atoms with Crippen molar-refractivity contribution in [2.45, 2.75) is 105 Å². The first kappa shape index (κ1) is 55.3. The van der Waals surface area contributed by atoms with E-state index in [2.05, 4.69) is 288 Å². The molecule has 1 aliphatic rings. The van der Waals surface area contributed by atoms with E-state index in [-0.39, 0.29) is 27.4 Å². The van der Waals surface area contributed by atoms with Crippen LogP contribution in [-0.4, -0.2) is 19.6 Å². The maximum absolute atomic E-state index is 11.9. The zero-order chi connectivity index (χ0) is 60.5. The molecule has 1 aliphatic carbocycles. The fourth-order valence-corrected chi connectivity index (χ4v) is 13.7. The number of hydrogen-bond acceptors (Lipinski definition) is 4. The molecule has 0 atom stereocenters. The molecule has 0 bridgehead atoms. The van der Waals surface area contributed by atoms with Crippen molar-refractivity contribution in [1.29, 1.82) is 0 Å². The minimum Gasteiger partial charge on any atom is -0.507 e. The van der Waals surface area contributed by atoms with Gasteiger partial charge in [0.25, 0.3) is 0 Å². The number of aryl methyl sites for hydroxylation is 2. The van der Waals surface area contributed by atoms with Crippen molar-refractivity contribution >= 4 is 33.0 Å². The number of phenols is 1. The number of benzene rings is 10. The van der Waals surface area contributed by atoms with Gasteiger partial charge >= 0.3 is 0 Å². The standard InChI is InChI=1S/C82H73N3O2/c1-49-24-21-25-50(2)77(49)85-68-41-38-64(73-60(56-42-54(51-26-15-13-16-27-51)44-58(46-56)79(3,4)5)31-22-32-61(73)57-43-55(52-28-17-14-18-29-52)45-59(47-57)80(6,7)8)72(53-36-37-63-62-30-19-20-35-70(62)87-71(63)48-53)76(68)84-78(85)67-40-39-66-75(83-67)74-65(33-23-34-69(74)86)81(9,10)82(66,11)12/h13-48,86H,1-12H3. The van der Waals surface area contributed by atoms with Gasteiger partial charge < -0.3 is 9.52 Å². The van der Waals surface area contributed by atoms with Gasteiger partial charge in [-0.1, -0.05) is 239 Å². The number of aromatic hydroxyl groups is 1. The van der Waals surface area contributed by atoms with E-state index in [0.717, 1.165) is 117 Å². The maximum Gasteiger partial charge on any atom is 0.164 e. The largest absolute Gasteiger partial charge is 0.507 e. The SMILES string of the molecule is Cc1cccc(C)c1-n1c(-c2ccc3c(n2)-c2c(O)cccc2C(C)(C)C3(C)C)nc2c(-c3ccc4c(c3)oc3ccccc34)c(-c3c(-c4cc(-c5ccccc5)cc(C(C)(C)C)c4)cccc3-c3cc(-c4ccccc4)cc(C(C)(C)C)c3)ccc21. The third-order valence-electron chi connectivity index (χ3n) is 19.2. The second kappa shape index (κ2) is 20.3. The van der Waals surface area contributed by atoms with Gasteiger partial charge in [-0.2, -0.15) is 0 Å². The molecular weight excluding hydrogens is 1060 g/mol. The molecular formula is C82H73N3O2. The van der Waals surface area contributed by atoms with Gasteiger partial charge in [0.15, 0.2) is 5.82 Å². The predicted octanol–water partition coefficient (Wildman–Crippen LogP) is 22.1. The summed E-state index contributed by atoms with van der Waals surface area (Å²) in [7, 11) is 0. The summed E-state index contributed by atoms with van der Waals surface area (Å²) in [4.78, 5) is 11.7. The lowest BCUT2D eigenvalue weighted by Gasteiger charge is -2.47. The van der Waals surface area contributed by atoms with Gasteiger partial charge in [-0.05, 0) is 173 Å². The quantitative estimate of drug-likeness (QED) is 0.165. The number of hydrogen-bond donors (Lipinski definition) is 1. The van der Waals surface area contributed by atoms with E-state index in [0.29, 0.717) is 11.5 Å². The second-order valence-electron chi connectivity index (χ2n) is 27.3. The summed E-state index contributed by atoms with van der Waals surface area (Å²) in [5, 5.41) is 14.0. The molecule has 3 aromatic heterocycles. The van der Waals surface area contributed by atoms with Crippen LogP contribution in [0.2, 0.25) is 0 Å². The summed E-state index contributed by atoms with van der Waals surface area (Å²) in [6.07, 6.45) is 0.